The molecular formula is C14H13N3O3S. The fourth-order valence-electron chi connectivity index (χ4n) is 1.99. The highest BCUT2D eigenvalue weighted by atomic mass is 32.2. The van der Waals surface area contributed by atoms with Gasteiger partial charge in [-0.2, -0.15) is 4.98 Å². The smallest absolute Gasteiger partial charge is 0.316 e. The van der Waals surface area contributed by atoms with E-state index in [4.69, 9.17) is 10.2 Å². The van der Waals surface area contributed by atoms with Gasteiger partial charge in [0.05, 0.1) is 5.69 Å². The summed E-state index contributed by atoms with van der Waals surface area (Å²) in [6.45, 7) is 1.80. The fourth-order valence-corrected chi connectivity index (χ4v) is 3.12. The van der Waals surface area contributed by atoms with Crippen LogP contribution in [0.2, 0.25) is 0 Å². The van der Waals surface area contributed by atoms with Gasteiger partial charge in [-0.3, -0.25) is 4.98 Å². The van der Waals surface area contributed by atoms with Gasteiger partial charge in [0.1, 0.15) is 11.3 Å². The lowest BCUT2D eigenvalue weighted by Crippen LogP contribution is -2.07. The molecule has 7 heteroatoms. The number of oxazole rings is 1. The summed E-state index contributed by atoms with van der Waals surface area (Å²) in [4.78, 5) is 8.18. The summed E-state index contributed by atoms with van der Waals surface area (Å²) in [5.74, 6) is -0.253. The van der Waals surface area contributed by atoms with Gasteiger partial charge >= 0.3 is 5.22 Å². The van der Waals surface area contributed by atoms with E-state index in [1.54, 1.807) is 43.3 Å². The second-order valence-corrected chi connectivity index (χ2v) is 6.60. The first-order valence-corrected chi connectivity index (χ1v) is 7.91. The number of nitrogen functional groups attached to an aromatic ring is 1. The number of sulfone groups is 1. The molecule has 0 spiro atoms. The van der Waals surface area contributed by atoms with E-state index in [1.165, 1.54) is 0 Å². The molecule has 0 saturated carbocycles. The molecule has 6 nitrogen and oxygen atoms in total. The first kappa shape index (κ1) is 13.6. The third-order valence-electron chi connectivity index (χ3n) is 2.94. The topological polar surface area (TPSA) is 99.1 Å². The van der Waals surface area contributed by atoms with Gasteiger partial charge in [-0.25, -0.2) is 8.42 Å². The maximum atomic E-state index is 12.3. The van der Waals surface area contributed by atoms with Crippen LogP contribution >= 0.6 is 0 Å². The van der Waals surface area contributed by atoms with Gasteiger partial charge in [-0.15, -0.1) is 0 Å². The minimum atomic E-state index is -3.69. The van der Waals surface area contributed by atoms with E-state index in [1.807, 2.05) is 0 Å². The highest BCUT2D eigenvalue weighted by Crippen LogP contribution is 2.23. The number of aryl methyl sites for hydroxylation is 1. The quantitative estimate of drug-likeness (QED) is 0.744. The lowest BCUT2D eigenvalue weighted by Gasteiger charge is -2.00. The van der Waals surface area contributed by atoms with E-state index in [0.717, 1.165) is 5.69 Å². The Kier molecular flexibility index (Phi) is 3.13. The molecule has 0 aliphatic carbocycles. The van der Waals surface area contributed by atoms with Crippen molar-refractivity contribution in [1.82, 2.24) is 9.97 Å². The first-order valence-electron chi connectivity index (χ1n) is 6.25. The van der Waals surface area contributed by atoms with Crippen molar-refractivity contribution in [3.63, 3.8) is 0 Å². The Hall–Kier alpha value is -2.41. The Morgan fingerprint density at radius 2 is 2.00 bits per heavy atom. The average molecular weight is 303 g/mol. The summed E-state index contributed by atoms with van der Waals surface area (Å²) in [7, 11) is -3.69. The van der Waals surface area contributed by atoms with Gasteiger partial charge < -0.3 is 10.2 Å². The summed E-state index contributed by atoms with van der Waals surface area (Å²) in [5, 5.41) is -0.314. The van der Waals surface area contributed by atoms with Crippen LogP contribution in [0.25, 0.3) is 11.1 Å². The summed E-state index contributed by atoms with van der Waals surface area (Å²) in [6, 6.07) is 10.0. The van der Waals surface area contributed by atoms with Crippen LogP contribution in [0.15, 0.2) is 46.0 Å². The predicted octanol–water partition coefficient (Wildman–Crippen LogP) is 2.09. The van der Waals surface area contributed by atoms with E-state index in [2.05, 4.69) is 9.97 Å². The minimum absolute atomic E-state index is 0.253. The Morgan fingerprint density at radius 3 is 2.76 bits per heavy atom. The molecule has 0 aliphatic rings. The van der Waals surface area contributed by atoms with E-state index in [9.17, 15) is 8.42 Å². The molecule has 2 heterocycles. The van der Waals surface area contributed by atoms with Crippen molar-refractivity contribution < 1.29 is 12.8 Å². The summed E-state index contributed by atoms with van der Waals surface area (Å²) in [6.07, 6.45) is 0. The molecule has 108 valence electrons. The highest BCUT2D eigenvalue weighted by molar-refractivity contribution is 7.90. The van der Waals surface area contributed by atoms with Crippen LogP contribution in [0.1, 0.15) is 11.4 Å². The van der Waals surface area contributed by atoms with Crippen LogP contribution in [0.5, 0.6) is 0 Å². The number of anilines is 1. The number of fused-ring (bicyclic) bond motifs is 1. The molecule has 2 N–H and O–H groups in total. The molecule has 21 heavy (non-hydrogen) atoms. The van der Waals surface area contributed by atoms with E-state index in [-0.39, 0.29) is 11.0 Å². The third kappa shape index (κ3) is 2.73. The van der Waals surface area contributed by atoms with Crippen molar-refractivity contribution in [2.24, 2.45) is 0 Å². The predicted molar refractivity (Wildman–Crippen MR) is 78.3 cm³/mol. The molecule has 0 radical (unpaired) electrons. The van der Waals surface area contributed by atoms with Gasteiger partial charge in [0.2, 0.25) is 9.84 Å². The second kappa shape index (κ2) is 4.85. The lowest BCUT2D eigenvalue weighted by molar-refractivity contribution is 0.458. The van der Waals surface area contributed by atoms with Crippen molar-refractivity contribution in [1.29, 1.82) is 0 Å². The molecule has 0 saturated heterocycles. The molecule has 0 unspecified atom stereocenters. The molecule has 0 amide bonds. The second-order valence-electron chi connectivity index (χ2n) is 4.74. The highest BCUT2D eigenvalue weighted by Gasteiger charge is 2.23. The standard InChI is InChI=1S/C14H13N3O3S/c1-9-3-2-4-11(16-9)8-21(18,19)14-17-12-7-10(15)5-6-13(12)20-14/h2-7H,8,15H2,1H3. The summed E-state index contributed by atoms with van der Waals surface area (Å²) < 4.78 is 30.0. The van der Waals surface area contributed by atoms with Crippen molar-refractivity contribution in [2.45, 2.75) is 17.9 Å². The van der Waals surface area contributed by atoms with Crippen molar-refractivity contribution in [2.75, 3.05) is 5.73 Å². The molecule has 3 aromatic rings. The van der Waals surface area contributed by atoms with Crippen LogP contribution in [0.3, 0.4) is 0 Å². The zero-order valence-electron chi connectivity index (χ0n) is 11.3. The van der Waals surface area contributed by atoms with E-state index in [0.29, 0.717) is 22.5 Å². The van der Waals surface area contributed by atoms with Crippen molar-refractivity contribution in [3.05, 3.63) is 47.8 Å². The normalized spacial score (nSPS) is 11.9. The fraction of sp³-hybridized carbons (Fsp3) is 0.143. The van der Waals surface area contributed by atoms with Crippen LogP contribution in [0, 0.1) is 6.92 Å². The SMILES string of the molecule is Cc1cccc(CS(=O)(=O)c2nc3cc(N)ccc3o2)n1. The monoisotopic (exact) mass is 303 g/mol. The molecule has 1 aromatic carbocycles. The molecule has 2 aromatic heterocycles. The number of benzene rings is 1. The Labute approximate surface area is 121 Å². The Morgan fingerprint density at radius 1 is 1.19 bits per heavy atom. The number of pyridine rings is 1. The van der Waals surface area contributed by atoms with Crippen molar-refractivity contribution >= 4 is 26.6 Å². The number of nitrogens with zero attached hydrogens (tertiary/aromatic N) is 2. The van der Waals surface area contributed by atoms with Crippen LogP contribution < -0.4 is 5.73 Å². The van der Waals surface area contributed by atoms with Crippen LogP contribution in [0.4, 0.5) is 5.69 Å². The minimum Gasteiger partial charge on any atom is -0.428 e. The van der Waals surface area contributed by atoms with Crippen LogP contribution in [-0.2, 0) is 15.6 Å². The number of nitrogens with two attached hydrogens (primary N) is 1. The van der Waals surface area contributed by atoms with Gasteiger partial charge in [0.15, 0.2) is 5.58 Å². The maximum absolute atomic E-state index is 12.3. The van der Waals surface area contributed by atoms with Gasteiger partial charge in [0, 0.05) is 11.4 Å². The zero-order chi connectivity index (χ0) is 15.0. The van der Waals surface area contributed by atoms with Crippen molar-refractivity contribution in [3.8, 4) is 0 Å². The number of hydrogen-bond acceptors (Lipinski definition) is 6. The molecule has 3 rings (SSSR count). The number of aromatic nitrogens is 2. The zero-order valence-corrected chi connectivity index (χ0v) is 12.1. The molecule has 0 aliphatic heterocycles. The van der Waals surface area contributed by atoms with Gasteiger partial charge in [-0.05, 0) is 37.3 Å². The van der Waals surface area contributed by atoms with Gasteiger partial charge in [-0.1, -0.05) is 6.07 Å². The molecule has 0 fully saturated rings. The largest absolute Gasteiger partial charge is 0.428 e. The van der Waals surface area contributed by atoms with E-state index >= 15 is 0 Å². The Balaban J connectivity index is 2.00. The van der Waals surface area contributed by atoms with Gasteiger partial charge in [0.25, 0.3) is 0 Å². The lowest BCUT2D eigenvalue weighted by atomic mass is 10.3. The maximum Gasteiger partial charge on any atom is 0.316 e. The molecular weight excluding hydrogens is 290 g/mol. The Bertz CT molecular complexity index is 916. The third-order valence-corrected chi connectivity index (χ3v) is 4.32. The number of hydrogen-bond donors (Lipinski definition) is 1. The number of rotatable bonds is 3. The summed E-state index contributed by atoms with van der Waals surface area (Å²) >= 11 is 0. The first-order chi connectivity index (χ1) is 9.94. The summed E-state index contributed by atoms with van der Waals surface area (Å²) in [5.41, 5.74) is 8.17. The van der Waals surface area contributed by atoms with Crippen LogP contribution in [-0.4, -0.2) is 18.4 Å². The molecule has 0 bridgehead atoms. The van der Waals surface area contributed by atoms with E-state index < -0.39 is 9.84 Å². The molecule has 0 atom stereocenters. The average Bonchev–Trinajstić information content (AvgIpc) is 2.82.